The molecule has 0 saturated heterocycles. The average molecular weight is 469 g/mol. The van der Waals surface area contributed by atoms with Crippen molar-refractivity contribution in [3.8, 4) is 11.5 Å². The molecule has 1 unspecified atom stereocenters. The van der Waals surface area contributed by atoms with Crippen LogP contribution in [-0.2, 0) is 21.4 Å². The van der Waals surface area contributed by atoms with E-state index in [1.54, 1.807) is 42.3 Å². The number of ether oxygens (including phenoxy) is 2. The molecule has 172 valence electrons. The summed E-state index contributed by atoms with van der Waals surface area (Å²) in [5, 5.41) is 0. The molecule has 1 aliphatic heterocycles. The van der Waals surface area contributed by atoms with E-state index in [1.807, 2.05) is 24.3 Å². The monoisotopic (exact) mass is 468 g/mol. The van der Waals surface area contributed by atoms with Gasteiger partial charge in [0.15, 0.2) is 17.6 Å². The van der Waals surface area contributed by atoms with Crippen LogP contribution in [0.15, 0.2) is 82.3 Å². The fraction of sp³-hybridized carbons (Fsp3) is 0.208. The molecular formula is C24H24N2O6S. The molecule has 2 heterocycles. The summed E-state index contributed by atoms with van der Waals surface area (Å²) in [7, 11) is -1.98. The zero-order chi connectivity index (χ0) is 23.3. The van der Waals surface area contributed by atoms with Gasteiger partial charge in [-0.15, -0.1) is 0 Å². The Bertz CT molecular complexity index is 1220. The van der Waals surface area contributed by atoms with Crippen LogP contribution in [0.3, 0.4) is 0 Å². The van der Waals surface area contributed by atoms with E-state index in [0.29, 0.717) is 36.0 Å². The zero-order valence-electron chi connectivity index (χ0n) is 18.0. The first-order valence-electron chi connectivity index (χ1n) is 10.3. The largest absolute Gasteiger partial charge is 0.486 e. The number of carbonyl (C=O) groups is 1. The van der Waals surface area contributed by atoms with Crippen LogP contribution in [0.25, 0.3) is 6.08 Å². The van der Waals surface area contributed by atoms with Gasteiger partial charge in [0, 0.05) is 13.1 Å². The van der Waals surface area contributed by atoms with Crippen LogP contribution in [0.5, 0.6) is 11.5 Å². The smallest absolute Gasteiger partial charge is 0.246 e. The van der Waals surface area contributed by atoms with Gasteiger partial charge in [0.1, 0.15) is 12.4 Å². The minimum Gasteiger partial charge on any atom is -0.486 e. The Hall–Kier alpha value is -3.56. The molecule has 0 bridgehead atoms. The second kappa shape index (κ2) is 9.93. The number of hydrogen-bond donors (Lipinski definition) is 1. The Labute approximate surface area is 192 Å². The number of furan rings is 1. The molecule has 0 aliphatic carbocycles. The lowest BCUT2D eigenvalue weighted by molar-refractivity contribution is -0.126. The van der Waals surface area contributed by atoms with Crippen LogP contribution in [0.2, 0.25) is 0 Å². The highest BCUT2D eigenvalue weighted by molar-refractivity contribution is 7.89. The van der Waals surface area contributed by atoms with Gasteiger partial charge >= 0.3 is 0 Å². The molecule has 8 nitrogen and oxygen atoms in total. The SMILES string of the molecule is CN(CC1COc2ccccc2O1)C(=O)/C=C/c1ccc(S(=O)(=O)NCc2ccco2)cc1. The van der Waals surface area contributed by atoms with E-state index < -0.39 is 10.0 Å². The molecule has 3 aromatic rings. The maximum Gasteiger partial charge on any atom is 0.246 e. The van der Waals surface area contributed by atoms with E-state index in [9.17, 15) is 13.2 Å². The Morgan fingerprint density at radius 2 is 1.85 bits per heavy atom. The van der Waals surface area contributed by atoms with E-state index in [1.165, 1.54) is 24.5 Å². The van der Waals surface area contributed by atoms with Gasteiger partial charge in [0.2, 0.25) is 15.9 Å². The summed E-state index contributed by atoms with van der Waals surface area (Å²) < 4.78 is 44.0. The summed E-state index contributed by atoms with van der Waals surface area (Å²) >= 11 is 0. The van der Waals surface area contributed by atoms with Crippen molar-refractivity contribution in [3.63, 3.8) is 0 Å². The van der Waals surface area contributed by atoms with Gasteiger partial charge in [0.25, 0.3) is 0 Å². The quantitative estimate of drug-likeness (QED) is 0.510. The summed E-state index contributed by atoms with van der Waals surface area (Å²) in [6, 6.07) is 17.1. The molecule has 0 saturated carbocycles. The highest BCUT2D eigenvalue weighted by atomic mass is 32.2. The van der Waals surface area contributed by atoms with Crippen molar-refractivity contribution in [3.05, 3.63) is 84.3 Å². The third-order valence-electron chi connectivity index (χ3n) is 5.05. The number of hydrogen-bond acceptors (Lipinski definition) is 6. The third kappa shape index (κ3) is 5.82. The highest BCUT2D eigenvalue weighted by Gasteiger charge is 2.23. The molecule has 2 aromatic carbocycles. The second-order valence-corrected chi connectivity index (χ2v) is 9.29. The normalized spacial score (nSPS) is 15.5. The van der Waals surface area contributed by atoms with E-state index in [-0.39, 0.29) is 23.5 Å². The standard InChI is InChI=1S/C24H24N2O6S/c1-26(16-20-17-31-22-6-2-3-7-23(22)32-20)24(27)13-10-18-8-11-21(12-9-18)33(28,29)25-15-19-5-4-14-30-19/h2-14,20,25H,15-17H2,1H3/b13-10+. The van der Waals surface area contributed by atoms with Gasteiger partial charge in [-0.05, 0) is 48.0 Å². The Kier molecular flexibility index (Phi) is 6.81. The Morgan fingerprint density at radius 3 is 2.58 bits per heavy atom. The van der Waals surface area contributed by atoms with Crippen molar-refractivity contribution in [2.24, 2.45) is 0 Å². The molecule has 0 spiro atoms. The van der Waals surface area contributed by atoms with Crippen molar-refractivity contribution in [1.82, 2.24) is 9.62 Å². The van der Waals surface area contributed by atoms with Crippen molar-refractivity contribution >= 4 is 22.0 Å². The van der Waals surface area contributed by atoms with Crippen molar-refractivity contribution in [1.29, 1.82) is 0 Å². The molecule has 1 aromatic heterocycles. The molecule has 0 fully saturated rings. The fourth-order valence-corrected chi connectivity index (χ4v) is 4.26. The predicted octanol–water partition coefficient (Wildman–Crippen LogP) is 3.07. The molecule has 4 rings (SSSR count). The number of nitrogens with one attached hydrogen (secondary N) is 1. The first-order valence-corrected chi connectivity index (χ1v) is 11.8. The van der Waals surface area contributed by atoms with E-state index in [0.717, 1.165) is 0 Å². The molecular weight excluding hydrogens is 444 g/mol. The lowest BCUT2D eigenvalue weighted by atomic mass is 10.2. The first-order chi connectivity index (χ1) is 15.9. The summed E-state index contributed by atoms with van der Waals surface area (Å²) in [5.74, 6) is 1.69. The van der Waals surface area contributed by atoms with Crippen molar-refractivity contribution < 1.29 is 27.1 Å². The molecule has 1 amide bonds. The van der Waals surface area contributed by atoms with Gasteiger partial charge in [-0.3, -0.25) is 4.79 Å². The number of rotatable bonds is 8. The van der Waals surface area contributed by atoms with Crippen LogP contribution in [0, 0.1) is 0 Å². The first kappa shape index (κ1) is 22.6. The Balaban J connectivity index is 1.30. The summed E-state index contributed by atoms with van der Waals surface area (Å²) in [6.07, 6.45) is 4.30. The minimum atomic E-state index is -3.67. The van der Waals surface area contributed by atoms with Gasteiger partial charge in [-0.2, -0.15) is 0 Å². The average Bonchev–Trinajstić information content (AvgIpc) is 3.35. The number of sulfonamides is 1. The number of fused-ring (bicyclic) bond motifs is 1. The van der Waals surface area contributed by atoms with E-state index in [2.05, 4.69) is 4.72 Å². The molecule has 9 heteroatoms. The van der Waals surface area contributed by atoms with Gasteiger partial charge in [-0.1, -0.05) is 24.3 Å². The predicted molar refractivity (Wildman–Crippen MR) is 122 cm³/mol. The van der Waals surface area contributed by atoms with E-state index >= 15 is 0 Å². The molecule has 1 aliphatic rings. The number of amides is 1. The van der Waals surface area contributed by atoms with Crippen LogP contribution < -0.4 is 14.2 Å². The third-order valence-corrected chi connectivity index (χ3v) is 6.46. The lowest BCUT2D eigenvalue weighted by Gasteiger charge is -2.29. The summed E-state index contributed by atoms with van der Waals surface area (Å²) in [6.45, 7) is 0.803. The number of para-hydroxylation sites is 2. The number of benzene rings is 2. The van der Waals surface area contributed by atoms with Crippen molar-refractivity contribution in [2.75, 3.05) is 20.2 Å². The van der Waals surface area contributed by atoms with Crippen LogP contribution in [0.1, 0.15) is 11.3 Å². The Morgan fingerprint density at radius 1 is 1.09 bits per heavy atom. The van der Waals surface area contributed by atoms with Gasteiger partial charge < -0.3 is 18.8 Å². The van der Waals surface area contributed by atoms with Gasteiger partial charge in [0.05, 0.1) is 24.2 Å². The zero-order valence-corrected chi connectivity index (χ0v) is 18.8. The molecule has 1 N–H and O–H groups in total. The fourth-order valence-electron chi connectivity index (χ4n) is 3.26. The topological polar surface area (TPSA) is 98.1 Å². The summed E-state index contributed by atoms with van der Waals surface area (Å²) in [4.78, 5) is 14.2. The lowest BCUT2D eigenvalue weighted by Crippen LogP contribution is -2.41. The molecule has 33 heavy (non-hydrogen) atoms. The maximum absolute atomic E-state index is 12.5. The molecule has 0 radical (unpaired) electrons. The number of likely N-dealkylation sites (N-methyl/N-ethyl adjacent to an activating group) is 1. The summed E-state index contributed by atoms with van der Waals surface area (Å²) in [5.41, 5.74) is 0.702. The van der Waals surface area contributed by atoms with Crippen LogP contribution in [-0.4, -0.2) is 45.5 Å². The van der Waals surface area contributed by atoms with E-state index in [4.69, 9.17) is 13.9 Å². The maximum atomic E-state index is 12.5. The second-order valence-electron chi connectivity index (χ2n) is 7.52. The van der Waals surface area contributed by atoms with Crippen molar-refractivity contribution in [2.45, 2.75) is 17.5 Å². The minimum absolute atomic E-state index is 0.0686. The van der Waals surface area contributed by atoms with Gasteiger partial charge in [-0.25, -0.2) is 13.1 Å². The van der Waals surface area contributed by atoms with Crippen LogP contribution in [0.4, 0.5) is 0 Å². The number of carbonyl (C=O) groups excluding carboxylic acids is 1. The number of nitrogens with zero attached hydrogens (tertiary/aromatic N) is 1. The van der Waals surface area contributed by atoms with Crippen LogP contribution >= 0.6 is 0 Å². The highest BCUT2D eigenvalue weighted by Crippen LogP contribution is 2.30. The molecule has 1 atom stereocenters.